The van der Waals surface area contributed by atoms with Gasteiger partial charge >= 0.3 is 5.97 Å². The van der Waals surface area contributed by atoms with Gasteiger partial charge in [-0.2, -0.15) is 0 Å². The lowest BCUT2D eigenvalue weighted by Crippen LogP contribution is -2.15. The molecular formula is C24H41NO3. The van der Waals surface area contributed by atoms with Crippen LogP contribution in [-0.4, -0.2) is 19.2 Å². The molecule has 0 radical (unpaired) electrons. The minimum absolute atomic E-state index is 0.0531. The number of benzene rings is 1. The van der Waals surface area contributed by atoms with Crippen molar-refractivity contribution in [1.82, 2.24) is 0 Å². The topological polar surface area (TPSA) is 61.5 Å². The predicted molar refractivity (Wildman–Crippen MR) is 118 cm³/mol. The molecule has 0 saturated carbocycles. The van der Waals surface area contributed by atoms with Gasteiger partial charge in [-0.15, -0.1) is 0 Å². The molecule has 0 fully saturated rings. The summed E-state index contributed by atoms with van der Waals surface area (Å²) in [5.41, 5.74) is 6.28. The Balaban J connectivity index is 1.80. The number of carbonyl (C=O) groups excluding carboxylic acids is 1. The maximum absolute atomic E-state index is 11.6. The van der Waals surface area contributed by atoms with Gasteiger partial charge in [0.2, 0.25) is 0 Å². The molecule has 0 aromatic heterocycles. The van der Waals surface area contributed by atoms with Crippen LogP contribution in [0.15, 0.2) is 24.3 Å². The van der Waals surface area contributed by atoms with E-state index in [-0.39, 0.29) is 12.6 Å². The normalized spacial score (nSPS) is 10.8. The zero-order valence-electron chi connectivity index (χ0n) is 17.9. The van der Waals surface area contributed by atoms with Crippen molar-refractivity contribution in [3.8, 4) is 5.75 Å². The maximum Gasteiger partial charge on any atom is 0.344 e. The van der Waals surface area contributed by atoms with E-state index in [1.54, 1.807) is 24.3 Å². The Hall–Kier alpha value is -1.71. The molecule has 0 amide bonds. The van der Waals surface area contributed by atoms with Crippen LogP contribution in [0.4, 0.5) is 5.69 Å². The predicted octanol–water partition coefficient (Wildman–Crippen LogP) is 6.67. The summed E-state index contributed by atoms with van der Waals surface area (Å²) >= 11 is 0. The summed E-state index contributed by atoms with van der Waals surface area (Å²) in [7, 11) is 0. The fraction of sp³-hybridized carbons (Fsp3) is 0.708. The first-order chi connectivity index (χ1) is 13.7. The van der Waals surface area contributed by atoms with Crippen molar-refractivity contribution in [2.45, 2.75) is 96.8 Å². The summed E-state index contributed by atoms with van der Waals surface area (Å²) in [4.78, 5) is 11.6. The molecule has 0 aliphatic rings. The fourth-order valence-corrected chi connectivity index (χ4v) is 3.23. The van der Waals surface area contributed by atoms with Gasteiger partial charge in [0, 0.05) is 5.69 Å². The molecule has 0 atom stereocenters. The molecule has 0 saturated heterocycles. The van der Waals surface area contributed by atoms with Crippen molar-refractivity contribution in [3.63, 3.8) is 0 Å². The minimum Gasteiger partial charge on any atom is -0.482 e. The molecule has 4 nitrogen and oxygen atoms in total. The lowest BCUT2D eigenvalue weighted by Gasteiger charge is -2.07. The number of unbranched alkanes of at least 4 members (excludes halogenated alkanes) is 13. The fourth-order valence-electron chi connectivity index (χ4n) is 3.23. The SMILES string of the molecule is CCCCCCCCCCCCCCCCOC(=O)COc1ccc(N)cc1. The van der Waals surface area contributed by atoms with Gasteiger partial charge < -0.3 is 15.2 Å². The Labute approximate surface area is 172 Å². The molecular weight excluding hydrogens is 350 g/mol. The molecule has 2 N–H and O–H groups in total. The number of anilines is 1. The van der Waals surface area contributed by atoms with Gasteiger partial charge in [0.25, 0.3) is 0 Å². The van der Waals surface area contributed by atoms with Crippen molar-refractivity contribution in [1.29, 1.82) is 0 Å². The van der Waals surface area contributed by atoms with Gasteiger partial charge in [-0.05, 0) is 30.7 Å². The van der Waals surface area contributed by atoms with Crippen LogP contribution in [0.25, 0.3) is 0 Å². The van der Waals surface area contributed by atoms with E-state index in [0.29, 0.717) is 18.0 Å². The van der Waals surface area contributed by atoms with Crippen LogP contribution in [0, 0.1) is 0 Å². The summed E-state index contributed by atoms with van der Waals surface area (Å²) in [5.74, 6) is 0.314. The number of hydrogen-bond donors (Lipinski definition) is 1. The van der Waals surface area contributed by atoms with Crippen molar-refractivity contribution in [2.24, 2.45) is 0 Å². The van der Waals surface area contributed by atoms with Gasteiger partial charge in [0.15, 0.2) is 6.61 Å². The molecule has 0 aliphatic heterocycles. The second-order valence-electron chi connectivity index (χ2n) is 7.67. The minimum atomic E-state index is -0.313. The van der Waals surface area contributed by atoms with E-state index in [0.717, 1.165) is 12.8 Å². The molecule has 1 aromatic carbocycles. The summed E-state index contributed by atoms with van der Waals surface area (Å²) in [6.45, 7) is 2.70. The van der Waals surface area contributed by atoms with Crippen LogP contribution >= 0.6 is 0 Å². The highest BCUT2D eigenvalue weighted by molar-refractivity contribution is 5.71. The number of nitrogen functional groups attached to an aromatic ring is 1. The molecule has 1 aromatic rings. The van der Waals surface area contributed by atoms with Crippen LogP contribution in [0.3, 0.4) is 0 Å². The van der Waals surface area contributed by atoms with Gasteiger partial charge in [0.1, 0.15) is 5.75 Å². The Kier molecular flexibility index (Phi) is 15.1. The van der Waals surface area contributed by atoms with Crippen molar-refractivity contribution < 1.29 is 14.3 Å². The van der Waals surface area contributed by atoms with Gasteiger partial charge in [-0.1, -0.05) is 90.4 Å². The zero-order valence-corrected chi connectivity index (χ0v) is 17.9. The zero-order chi connectivity index (χ0) is 20.3. The maximum atomic E-state index is 11.6. The van der Waals surface area contributed by atoms with E-state index in [2.05, 4.69) is 6.92 Å². The van der Waals surface area contributed by atoms with Gasteiger partial charge in [0.05, 0.1) is 6.61 Å². The molecule has 0 bridgehead atoms. The Morgan fingerprint density at radius 3 is 1.71 bits per heavy atom. The number of hydrogen-bond acceptors (Lipinski definition) is 4. The standard InChI is InChI=1S/C24H41NO3/c1-2-3-4-5-6-7-8-9-10-11-12-13-14-15-20-27-24(26)21-28-23-18-16-22(25)17-19-23/h16-19H,2-15,20-21,25H2,1H3. The van der Waals surface area contributed by atoms with Crippen LogP contribution in [0.1, 0.15) is 96.8 Å². The third-order valence-corrected chi connectivity index (χ3v) is 5.00. The number of rotatable bonds is 18. The quantitative estimate of drug-likeness (QED) is 0.172. The number of esters is 1. The van der Waals surface area contributed by atoms with E-state index >= 15 is 0 Å². The van der Waals surface area contributed by atoms with Crippen molar-refractivity contribution in [3.05, 3.63) is 24.3 Å². The number of ether oxygens (including phenoxy) is 2. The van der Waals surface area contributed by atoms with Gasteiger partial charge in [-0.25, -0.2) is 4.79 Å². The lowest BCUT2D eigenvalue weighted by molar-refractivity contribution is -0.146. The highest BCUT2D eigenvalue weighted by Crippen LogP contribution is 2.14. The summed E-state index contributed by atoms with van der Waals surface area (Å²) < 4.78 is 10.6. The molecule has 0 unspecified atom stereocenters. The third-order valence-electron chi connectivity index (χ3n) is 5.00. The molecule has 0 spiro atoms. The largest absolute Gasteiger partial charge is 0.482 e. The molecule has 160 valence electrons. The smallest absolute Gasteiger partial charge is 0.344 e. The first-order valence-corrected chi connectivity index (χ1v) is 11.4. The van der Waals surface area contributed by atoms with Crippen LogP contribution in [-0.2, 0) is 9.53 Å². The van der Waals surface area contributed by atoms with Crippen LogP contribution < -0.4 is 10.5 Å². The van der Waals surface area contributed by atoms with E-state index in [4.69, 9.17) is 15.2 Å². The average molecular weight is 392 g/mol. The molecule has 1 rings (SSSR count). The van der Waals surface area contributed by atoms with Crippen LogP contribution in [0.2, 0.25) is 0 Å². The first kappa shape index (κ1) is 24.3. The second kappa shape index (κ2) is 17.4. The highest BCUT2D eigenvalue weighted by Gasteiger charge is 2.04. The summed E-state index contributed by atoms with van der Waals surface area (Å²) in [6, 6.07) is 6.98. The Bertz CT molecular complexity index is 487. The molecule has 0 aliphatic carbocycles. The highest BCUT2D eigenvalue weighted by atomic mass is 16.6. The van der Waals surface area contributed by atoms with Crippen molar-refractivity contribution >= 4 is 11.7 Å². The Morgan fingerprint density at radius 1 is 0.750 bits per heavy atom. The lowest BCUT2D eigenvalue weighted by atomic mass is 10.0. The molecule has 28 heavy (non-hydrogen) atoms. The monoisotopic (exact) mass is 391 g/mol. The van der Waals surface area contributed by atoms with Gasteiger partial charge in [-0.3, -0.25) is 0 Å². The Morgan fingerprint density at radius 2 is 1.21 bits per heavy atom. The second-order valence-corrected chi connectivity index (χ2v) is 7.67. The van der Waals surface area contributed by atoms with Crippen LogP contribution in [0.5, 0.6) is 5.75 Å². The van der Waals surface area contributed by atoms with E-state index < -0.39 is 0 Å². The first-order valence-electron chi connectivity index (χ1n) is 11.4. The van der Waals surface area contributed by atoms with E-state index in [1.165, 1.54) is 77.0 Å². The summed E-state index contributed by atoms with van der Waals surface area (Å²) in [6.07, 6.45) is 18.5. The molecule has 0 heterocycles. The number of nitrogens with two attached hydrogens (primary N) is 1. The number of carbonyl (C=O) groups is 1. The third kappa shape index (κ3) is 14.4. The van der Waals surface area contributed by atoms with E-state index in [1.807, 2.05) is 0 Å². The molecule has 4 heteroatoms. The van der Waals surface area contributed by atoms with E-state index in [9.17, 15) is 4.79 Å². The van der Waals surface area contributed by atoms with Crippen molar-refractivity contribution in [2.75, 3.05) is 18.9 Å². The summed E-state index contributed by atoms with van der Waals surface area (Å²) in [5, 5.41) is 0. The average Bonchev–Trinajstić information content (AvgIpc) is 2.70.